The predicted molar refractivity (Wildman–Crippen MR) is 59.7 cm³/mol. The Labute approximate surface area is 98.4 Å². The van der Waals surface area contributed by atoms with Gasteiger partial charge in [0.1, 0.15) is 17.2 Å². The van der Waals surface area contributed by atoms with Gasteiger partial charge in [-0.3, -0.25) is 4.79 Å². The van der Waals surface area contributed by atoms with E-state index in [2.05, 4.69) is 5.32 Å². The molecule has 92 valence electrons. The van der Waals surface area contributed by atoms with E-state index in [1.807, 2.05) is 6.92 Å². The van der Waals surface area contributed by atoms with E-state index >= 15 is 0 Å². The summed E-state index contributed by atoms with van der Waals surface area (Å²) in [6.07, 6.45) is 0. The molecule has 1 saturated heterocycles. The van der Waals surface area contributed by atoms with Crippen molar-refractivity contribution in [1.29, 1.82) is 0 Å². The summed E-state index contributed by atoms with van der Waals surface area (Å²) in [4.78, 5) is 13.6. The van der Waals surface area contributed by atoms with Crippen LogP contribution in [0, 0.1) is 11.6 Å². The number of nitrogens with zero attached hydrogens (tertiary/aromatic N) is 1. The van der Waals surface area contributed by atoms with Gasteiger partial charge in [0.25, 0.3) is 5.91 Å². The molecule has 1 aliphatic heterocycles. The van der Waals surface area contributed by atoms with E-state index < -0.39 is 23.1 Å². The third-order valence-corrected chi connectivity index (χ3v) is 2.94. The van der Waals surface area contributed by atoms with Gasteiger partial charge < -0.3 is 10.2 Å². The van der Waals surface area contributed by atoms with Crippen LogP contribution in [0.15, 0.2) is 18.2 Å². The number of nitrogens with one attached hydrogen (secondary N) is 1. The van der Waals surface area contributed by atoms with Gasteiger partial charge in [-0.25, -0.2) is 8.78 Å². The Balaban J connectivity index is 2.30. The molecule has 1 atom stereocenters. The molecule has 1 fully saturated rings. The zero-order valence-electron chi connectivity index (χ0n) is 9.54. The third kappa shape index (κ3) is 2.29. The minimum atomic E-state index is -0.805. The first kappa shape index (κ1) is 12.0. The van der Waals surface area contributed by atoms with Crippen molar-refractivity contribution in [2.24, 2.45) is 0 Å². The van der Waals surface area contributed by atoms with Crippen LogP contribution in [0.3, 0.4) is 0 Å². The molecule has 17 heavy (non-hydrogen) atoms. The quantitative estimate of drug-likeness (QED) is 0.804. The van der Waals surface area contributed by atoms with E-state index in [0.717, 1.165) is 12.1 Å². The fraction of sp³-hybridized carbons (Fsp3) is 0.417. The number of carbonyl (C=O) groups is 1. The highest BCUT2D eigenvalue weighted by atomic mass is 19.1. The molecule has 5 heteroatoms. The molecule has 1 aromatic rings. The molecule has 0 unspecified atom stereocenters. The van der Waals surface area contributed by atoms with Crippen molar-refractivity contribution in [3.05, 3.63) is 35.4 Å². The van der Waals surface area contributed by atoms with E-state index in [4.69, 9.17) is 0 Å². The van der Waals surface area contributed by atoms with Gasteiger partial charge in [-0.1, -0.05) is 6.07 Å². The lowest BCUT2D eigenvalue weighted by Gasteiger charge is -2.34. The Kier molecular flexibility index (Phi) is 3.38. The standard InChI is InChI=1S/C12H14F2N2O/c1-8-7-15-5-6-16(8)12(17)11-9(13)3-2-4-10(11)14/h2-4,8,15H,5-7H2,1H3/t8-/m0/s1. The maximum Gasteiger partial charge on any atom is 0.260 e. The van der Waals surface area contributed by atoms with Gasteiger partial charge in [0, 0.05) is 25.7 Å². The van der Waals surface area contributed by atoms with Crippen LogP contribution in [-0.4, -0.2) is 36.5 Å². The number of amides is 1. The van der Waals surface area contributed by atoms with Gasteiger partial charge >= 0.3 is 0 Å². The van der Waals surface area contributed by atoms with Gasteiger partial charge in [0.05, 0.1) is 0 Å². The van der Waals surface area contributed by atoms with Crippen LogP contribution in [-0.2, 0) is 0 Å². The lowest BCUT2D eigenvalue weighted by Crippen LogP contribution is -2.52. The molecular weight excluding hydrogens is 226 g/mol. The zero-order chi connectivity index (χ0) is 12.4. The highest BCUT2D eigenvalue weighted by molar-refractivity contribution is 5.95. The molecule has 1 heterocycles. The van der Waals surface area contributed by atoms with E-state index in [-0.39, 0.29) is 6.04 Å². The second-order valence-electron chi connectivity index (χ2n) is 4.15. The summed E-state index contributed by atoms with van der Waals surface area (Å²) in [5.74, 6) is -2.18. The smallest absolute Gasteiger partial charge is 0.260 e. The van der Waals surface area contributed by atoms with Crippen LogP contribution < -0.4 is 5.32 Å². The number of halogens is 2. The lowest BCUT2D eigenvalue weighted by atomic mass is 10.1. The van der Waals surface area contributed by atoms with Gasteiger partial charge in [0.2, 0.25) is 0 Å². The summed E-state index contributed by atoms with van der Waals surface area (Å²) < 4.78 is 27.0. The predicted octanol–water partition coefficient (Wildman–Crippen LogP) is 1.40. The van der Waals surface area contributed by atoms with Crippen LogP contribution in [0.4, 0.5) is 8.78 Å². The van der Waals surface area contributed by atoms with E-state index in [9.17, 15) is 13.6 Å². The summed E-state index contributed by atoms with van der Waals surface area (Å²) in [5, 5.41) is 3.12. The van der Waals surface area contributed by atoms with Crippen LogP contribution >= 0.6 is 0 Å². The summed E-state index contributed by atoms with van der Waals surface area (Å²) >= 11 is 0. The van der Waals surface area contributed by atoms with Crippen molar-refractivity contribution in [1.82, 2.24) is 10.2 Å². The first-order chi connectivity index (χ1) is 8.11. The molecule has 0 saturated carbocycles. The van der Waals surface area contributed by atoms with Crippen molar-refractivity contribution in [3.63, 3.8) is 0 Å². The summed E-state index contributed by atoms with van der Waals surface area (Å²) in [5.41, 5.74) is -0.457. The van der Waals surface area contributed by atoms with Crippen molar-refractivity contribution < 1.29 is 13.6 Å². The van der Waals surface area contributed by atoms with Crippen molar-refractivity contribution in [2.75, 3.05) is 19.6 Å². The molecule has 0 aromatic heterocycles. The van der Waals surface area contributed by atoms with Crippen LogP contribution in [0.1, 0.15) is 17.3 Å². The topological polar surface area (TPSA) is 32.3 Å². The number of hydrogen-bond donors (Lipinski definition) is 1. The second-order valence-corrected chi connectivity index (χ2v) is 4.15. The Bertz CT molecular complexity index is 416. The van der Waals surface area contributed by atoms with Crippen LogP contribution in [0.2, 0.25) is 0 Å². The number of piperazine rings is 1. The number of carbonyl (C=O) groups excluding carboxylic acids is 1. The molecule has 0 bridgehead atoms. The molecule has 0 spiro atoms. The molecular formula is C12H14F2N2O. The van der Waals surface area contributed by atoms with Crippen molar-refractivity contribution in [3.8, 4) is 0 Å². The van der Waals surface area contributed by atoms with Crippen molar-refractivity contribution in [2.45, 2.75) is 13.0 Å². The average Bonchev–Trinajstić information content (AvgIpc) is 2.29. The maximum atomic E-state index is 13.5. The minimum absolute atomic E-state index is 0.0599. The first-order valence-corrected chi connectivity index (χ1v) is 5.57. The first-order valence-electron chi connectivity index (χ1n) is 5.57. The van der Waals surface area contributed by atoms with E-state index in [1.54, 1.807) is 0 Å². The Morgan fingerprint density at radius 1 is 1.41 bits per heavy atom. The summed E-state index contributed by atoms with van der Waals surface area (Å²) in [6, 6.07) is 3.39. The number of benzene rings is 1. The molecule has 3 nitrogen and oxygen atoms in total. The number of rotatable bonds is 1. The molecule has 1 N–H and O–H groups in total. The van der Waals surface area contributed by atoms with Gasteiger partial charge in [-0.05, 0) is 19.1 Å². The van der Waals surface area contributed by atoms with Crippen LogP contribution in [0.5, 0.6) is 0 Å². The fourth-order valence-corrected chi connectivity index (χ4v) is 1.99. The molecule has 0 aliphatic carbocycles. The zero-order valence-corrected chi connectivity index (χ0v) is 9.54. The van der Waals surface area contributed by atoms with Crippen LogP contribution in [0.25, 0.3) is 0 Å². The Hall–Kier alpha value is -1.49. The molecule has 1 aromatic carbocycles. The molecule has 1 aliphatic rings. The molecule has 2 rings (SSSR count). The second kappa shape index (κ2) is 4.79. The maximum absolute atomic E-state index is 13.5. The summed E-state index contributed by atoms with van der Waals surface area (Å²) in [6.45, 7) is 3.60. The Morgan fingerprint density at radius 3 is 2.65 bits per heavy atom. The van der Waals surface area contributed by atoms with Crippen molar-refractivity contribution >= 4 is 5.91 Å². The van der Waals surface area contributed by atoms with E-state index in [1.165, 1.54) is 11.0 Å². The normalized spacial score (nSPS) is 20.4. The molecule has 0 radical (unpaired) electrons. The number of hydrogen-bond acceptors (Lipinski definition) is 2. The van der Waals surface area contributed by atoms with E-state index in [0.29, 0.717) is 19.6 Å². The lowest BCUT2D eigenvalue weighted by molar-refractivity contribution is 0.0646. The fourth-order valence-electron chi connectivity index (χ4n) is 1.99. The van der Waals surface area contributed by atoms with Gasteiger partial charge in [0.15, 0.2) is 0 Å². The monoisotopic (exact) mass is 240 g/mol. The largest absolute Gasteiger partial charge is 0.333 e. The minimum Gasteiger partial charge on any atom is -0.333 e. The van der Waals surface area contributed by atoms with Gasteiger partial charge in [-0.2, -0.15) is 0 Å². The highest BCUT2D eigenvalue weighted by Crippen LogP contribution is 2.16. The third-order valence-electron chi connectivity index (χ3n) is 2.94. The Morgan fingerprint density at radius 2 is 2.06 bits per heavy atom. The average molecular weight is 240 g/mol. The SMILES string of the molecule is C[C@H]1CNCCN1C(=O)c1c(F)cccc1F. The highest BCUT2D eigenvalue weighted by Gasteiger charge is 2.28. The molecule has 1 amide bonds. The summed E-state index contributed by atoms with van der Waals surface area (Å²) in [7, 11) is 0. The van der Waals surface area contributed by atoms with Gasteiger partial charge in [-0.15, -0.1) is 0 Å².